The molecule has 4 heteroatoms. The van der Waals surface area contributed by atoms with Crippen LogP contribution in [0.15, 0.2) is 36.5 Å². The normalized spacial score (nSPS) is 15.4. The lowest BCUT2D eigenvalue weighted by Gasteiger charge is -2.09. The van der Waals surface area contributed by atoms with Crippen molar-refractivity contribution in [3.8, 4) is 5.75 Å². The molecule has 0 saturated heterocycles. The van der Waals surface area contributed by atoms with Crippen LogP contribution in [-0.4, -0.2) is 16.9 Å². The van der Waals surface area contributed by atoms with E-state index in [0.29, 0.717) is 6.04 Å². The van der Waals surface area contributed by atoms with Gasteiger partial charge in [-0.2, -0.15) is 5.10 Å². The van der Waals surface area contributed by atoms with E-state index in [-0.39, 0.29) is 0 Å². The third-order valence-corrected chi connectivity index (χ3v) is 3.91. The van der Waals surface area contributed by atoms with Gasteiger partial charge in [-0.05, 0) is 31.0 Å². The fourth-order valence-electron chi connectivity index (χ4n) is 2.77. The fraction of sp³-hybridized carbons (Fsp3) is 0.438. The molecule has 0 atom stereocenters. The first-order valence-corrected chi connectivity index (χ1v) is 7.27. The summed E-state index contributed by atoms with van der Waals surface area (Å²) in [6, 6.07) is 10.7. The zero-order chi connectivity index (χ0) is 13.8. The number of hydrogen-bond donors (Lipinski definition) is 1. The van der Waals surface area contributed by atoms with E-state index >= 15 is 0 Å². The molecule has 1 saturated carbocycles. The van der Waals surface area contributed by atoms with Crippen LogP contribution in [0.5, 0.6) is 5.75 Å². The molecule has 3 rings (SSSR count). The first kappa shape index (κ1) is 13.0. The van der Waals surface area contributed by atoms with Crippen molar-refractivity contribution < 1.29 is 4.74 Å². The van der Waals surface area contributed by atoms with Crippen molar-refractivity contribution >= 4 is 5.69 Å². The highest BCUT2D eigenvalue weighted by Crippen LogP contribution is 2.28. The molecule has 0 unspecified atom stereocenters. The summed E-state index contributed by atoms with van der Waals surface area (Å²) in [6.45, 7) is 0.743. The zero-order valence-electron chi connectivity index (χ0n) is 11.9. The molecule has 0 amide bonds. The van der Waals surface area contributed by atoms with Crippen LogP contribution >= 0.6 is 0 Å². The summed E-state index contributed by atoms with van der Waals surface area (Å²) in [4.78, 5) is 0. The van der Waals surface area contributed by atoms with Gasteiger partial charge in [0.25, 0.3) is 0 Å². The smallest absolute Gasteiger partial charge is 0.120 e. The number of hydrogen-bond acceptors (Lipinski definition) is 3. The first-order valence-electron chi connectivity index (χ1n) is 7.27. The van der Waals surface area contributed by atoms with Gasteiger partial charge >= 0.3 is 0 Å². The maximum Gasteiger partial charge on any atom is 0.120 e. The molecule has 1 fully saturated rings. The molecule has 1 aliphatic carbocycles. The Labute approximate surface area is 119 Å². The summed E-state index contributed by atoms with van der Waals surface area (Å²) >= 11 is 0. The summed E-state index contributed by atoms with van der Waals surface area (Å²) in [5.74, 6) is 0.867. The van der Waals surface area contributed by atoms with Gasteiger partial charge in [-0.25, -0.2) is 0 Å². The van der Waals surface area contributed by atoms with Crippen molar-refractivity contribution in [1.29, 1.82) is 0 Å². The van der Waals surface area contributed by atoms with Crippen LogP contribution in [0.1, 0.15) is 37.4 Å². The van der Waals surface area contributed by atoms with Crippen molar-refractivity contribution in [3.05, 3.63) is 42.2 Å². The number of nitrogens with one attached hydrogen (secondary N) is 1. The Bertz CT molecular complexity index is 558. The van der Waals surface area contributed by atoms with Gasteiger partial charge in [0, 0.05) is 18.0 Å². The summed E-state index contributed by atoms with van der Waals surface area (Å²) in [6.07, 6.45) is 7.32. The molecular weight excluding hydrogens is 250 g/mol. The second kappa shape index (κ2) is 5.99. The molecule has 2 aromatic rings. The van der Waals surface area contributed by atoms with Crippen LogP contribution in [0.25, 0.3) is 0 Å². The Morgan fingerprint density at radius 2 is 2.15 bits per heavy atom. The summed E-state index contributed by atoms with van der Waals surface area (Å²) in [7, 11) is 1.68. The van der Waals surface area contributed by atoms with Gasteiger partial charge in [0.1, 0.15) is 5.75 Å². The highest BCUT2D eigenvalue weighted by molar-refractivity contribution is 5.48. The molecule has 106 valence electrons. The predicted octanol–water partition coefficient (Wildman–Crippen LogP) is 3.62. The van der Waals surface area contributed by atoms with Gasteiger partial charge in [-0.3, -0.25) is 4.68 Å². The van der Waals surface area contributed by atoms with E-state index in [9.17, 15) is 0 Å². The molecule has 0 aliphatic heterocycles. The number of methoxy groups -OCH3 is 1. The average Bonchev–Trinajstić information content (AvgIpc) is 3.16. The molecule has 0 spiro atoms. The maximum absolute atomic E-state index is 5.22. The minimum absolute atomic E-state index is 0.612. The molecule has 0 radical (unpaired) electrons. The highest BCUT2D eigenvalue weighted by atomic mass is 16.5. The standard InChI is InChI=1S/C16H21N3O/c1-20-16-8-4-5-13(11-16)17-12-14-9-10-19(18-14)15-6-2-3-7-15/h4-5,8-11,15,17H,2-3,6-7,12H2,1H3. The Balaban J connectivity index is 1.60. The molecule has 1 aromatic carbocycles. The third kappa shape index (κ3) is 2.95. The van der Waals surface area contributed by atoms with Gasteiger partial charge in [0.05, 0.1) is 25.4 Å². The number of aromatic nitrogens is 2. The highest BCUT2D eigenvalue weighted by Gasteiger charge is 2.17. The molecular formula is C16H21N3O. The monoisotopic (exact) mass is 271 g/mol. The lowest BCUT2D eigenvalue weighted by Crippen LogP contribution is -2.07. The lowest BCUT2D eigenvalue weighted by atomic mass is 10.3. The first-order chi connectivity index (χ1) is 9.85. The molecule has 20 heavy (non-hydrogen) atoms. The topological polar surface area (TPSA) is 39.1 Å². The minimum atomic E-state index is 0.612. The second-order valence-electron chi connectivity index (χ2n) is 5.31. The SMILES string of the molecule is COc1cccc(NCc2ccn(C3CCCC3)n2)c1. The van der Waals surface area contributed by atoms with Crippen LogP contribution in [0.3, 0.4) is 0 Å². The van der Waals surface area contributed by atoms with E-state index in [1.807, 2.05) is 24.3 Å². The number of ether oxygens (including phenoxy) is 1. The van der Waals surface area contributed by atoms with Crippen molar-refractivity contribution in [2.45, 2.75) is 38.3 Å². The van der Waals surface area contributed by atoms with Crippen LogP contribution in [-0.2, 0) is 6.54 Å². The third-order valence-electron chi connectivity index (χ3n) is 3.91. The minimum Gasteiger partial charge on any atom is -0.497 e. The molecule has 1 aliphatic rings. The van der Waals surface area contributed by atoms with Crippen molar-refractivity contribution in [2.24, 2.45) is 0 Å². The Hall–Kier alpha value is -1.97. The lowest BCUT2D eigenvalue weighted by molar-refractivity contribution is 0.415. The van der Waals surface area contributed by atoms with Crippen molar-refractivity contribution in [2.75, 3.05) is 12.4 Å². The summed E-state index contributed by atoms with van der Waals surface area (Å²) in [5.41, 5.74) is 2.14. The van der Waals surface area contributed by atoms with Crippen LogP contribution in [0.4, 0.5) is 5.69 Å². The average molecular weight is 271 g/mol. The zero-order valence-corrected chi connectivity index (χ0v) is 11.9. The van der Waals surface area contributed by atoms with Crippen molar-refractivity contribution in [1.82, 2.24) is 9.78 Å². The van der Waals surface area contributed by atoms with E-state index in [2.05, 4.69) is 27.4 Å². The molecule has 4 nitrogen and oxygen atoms in total. The van der Waals surface area contributed by atoms with Crippen molar-refractivity contribution in [3.63, 3.8) is 0 Å². The van der Waals surface area contributed by atoms with E-state index < -0.39 is 0 Å². The Morgan fingerprint density at radius 3 is 2.95 bits per heavy atom. The summed E-state index contributed by atoms with van der Waals surface area (Å²) < 4.78 is 7.35. The number of nitrogens with zero attached hydrogens (tertiary/aromatic N) is 2. The number of anilines is 1. The Kier molecular flexibility index (Phi) is 3.90. The number of rotatable bonds is 5. The van der Waals surface area contributed by atoms with E-state index in [4.69, 9.17) is 4.74 Å². The van der Waals surface area contributed by atoms with E-state index in [0.717, 1.165) is 23.7 Å². The van der Waals surface area contributed by atoms with Crippen LogP contribution in [0.2, 0.25) is 0 Å². The quantitative estimate of drug-likeness (QED) is 0.902. The molecule has 1 heterocycles. The van der Waals surface area contributed by atoms with E-state index in [1.54, 1.807) is 7.11 Å². The summed E-state index contributed by atoms with van der Waals surface area (Å²) in [5, 5.41) is 8.06. The Morgan fingerprint density at radius 1 is 1.30 bits per heavy atom. The van der Waals surface area contributed by atoms with Gasteiger partial charge in [-0.1, -0.05) is 18.9 Å². The predicted molar refractivity (Wildman–Crippen MR) is 80.1 cm³/mol. The van der Waals surface area contributed by atoms with Gasteiger partial charge in [0.2, 0.25) is 0 Å². The van der Waals surface area contributed by atoms with Gasteiger partial charge < -0.3 is 10.1 Å². The fourth-order valence-corrected chi connectivity index (χ4v) is 2.77. The van der Waals surface area contributed by atoms with Gasteiger partial charge in [-0.15, -0.1) is 0 Å². The molecule has 1 N–H and O–H groups in total. The maximum atomic E-state index is 5.22. The van der Waals surface area contributed by atoms with E-state index in [1.165, 1.54) is 25.7 Å². The molecule has 0 bridgehead atoms. The van der Waals surface area contributed by atoms with Crippen LogP contribution < -0.4 is 10.1 Å². The largest absolute Gasteiger partial charge is 0.497 e. The molecule has 1 aromatic heterocycles. The second-order valence-corrected chi connectivity index (χ2v) is 5.31. The van der Waals surface area contributed by atoms with Gasteiger partial charge in [0.15, 0.2) is 0 Å². The number of benzene rings is 1. The van der Waals surface area contributed by atoms with Crippen LogP contribution in [0, 0.1) is 0 Å².